The molecule has 1 fully saturated rings. The number of aliphatic hydroxyl groups is 1. The van der Waals surface area contributed by atoms with Gasteiger partial charge in [0.25, 0.3) is 11.7 Å². The number of ketones is 1. The highest BCUT2D eigenvalue weighted by molar-refractivity contribution is 6.52. The first-order valence-electron chi connectivity index (χ1n) is 10.5. The maximum absolute atomic E-state index is 13.3. The highest BCUT2D eigenvalue weighted by Crippen LogP contribution is 2.45. The first kappa shape index (κ1) is 23.7. The van der Waals surface area contributed by atoms with Crippen molar-refractivity contribution in [3.8, 4) is 11.5 Å². The summed E-state index contributed by atoms with van der Waals surface area (Å²) in [6.45, 7) is 3.85. The third-order valence-electron chi connectivity index (χ3n) is 5.56. The van der Waals surface area contributed by atoms with Crippen LogP contribution in [-0.4, -0.2) is 28.5 Å². The van der Waals surface area contributed by atoms with E-state index >= 15 is 0 Å². The summed E-state index contributed by atoms with van der Waals surface area (Å²) in [7, 11) is 0. The molecule has 3 aromatic carbocycles. The van der Waals surface area contributed by atoms with E-state index in [0.29, 0.717) is 39.0 Å². The Kier molecular flexibility index (Phi) is 6.55. The second-order valence-electron chi connectivity index (χ2n) is 7.77. The van der Waals surface area contributed by atoms with Crippen molar-refractivity contribution in [1.29, 1.82) is 0 Å². The number of halogens is 2. The van der Waals surface area contributed by atoms with Crippen molar-refractivity contribution in [3.63, 3.8) is 0 Å². The van der Waals surface area contributed by atoms with Crippen LogP contribution in [-0.2, 0) is 9.59 Å². The highest BCUT2D eigenvalue weighted by atomic mass is 35.5. The Morgan fingerprint density at radius 3 is 2.44 bits per heavy atom. The topological polar surface area (TPSA) is 87.1 Å². The summed E-state index contributed by atoms with van der Waals surface area (Å²) in [6.07, 6.45) is 0. The molecule has 34 heavy (non-hydrogen) atoms. The predicted octanol–water partition coefficient (Wildman–Crippen LogP) is 6.03. The first-order chi connectivity index (χ1) is 16.2. The maximum Gasteiger partial charge on any atom is 0.300 e. The van der Waals surface area contributed by atoms with E-state index in [4.69, 9.17) is 27.9 Å². The third-order valence-corrected chi connectivity index (χ3v) is 6.03. The maximum atomic E-state index is 13.3. The Balaban J connectivity index is 1.99. The van der Waals surface area contributed by atoms with Gasteiger partial charge in [0.05, 0.1) is 18.2 Å². The lowest BCUT2D eigenvalue weighted by atomic mass is 9.94. The van der Waals surface area contributed by atoms with E-state index < -0.39 is 17.7 Å². The number of aliphatic hydroxyl groups excluding tert-OH is 1. The number of carbonyl (C=O) groups is 2. The number of aromatic hydroxyl groups is 1. The van der Waals surface area contributed by atoms with E-state index in [1.807, 2.05) is 0 Å². The van der Waals surface area contributed by atoms with Crippen molar-refractivity contribution in [3.05, 3.63) is 93.0 Å². The third kappa shape index (κ3) is 4.22. The zero-order valence-corrected chi connectivity index (χ0v) is 19.9. The van der Waals surface area contributed by atoms with Crippen molar-refractivity contribution in [2.45, 2.75) is 19.9 Å². The molecule has 0 aliphatic carbocycles. The Labute approximate surface area is 206 Å². The van der Waals surface area contributed by atoms with Gasteiger partial charge in [-0.05, 0) is 67.4 Å². The molecule has 3 aromatic rings. The fourth-order valence-electron chi connectivity index (χ4n) is 4.05. The number of hydrogen-bond donors (Lipinski definition) is 2. The van der Waals surface area contributed by atoms with Crippen LogP contribution in [0.4, 0.5) is 5.69 Å². The number of amides is 1. The minimum absolute atomic E-state index is 0.0833. The molecule has 0 bridgehead atoms. The average Bonchev–Trinajstić information content (AvgIpc) is 3.05. The molecule has 0 spiro atoms. The van der Waals surface area contributed by atoms with Gasteiger partial charge in [0.2, 0.25) is 0 Å². The van der Waals surface area contributed by atoms with Crippen LogP contribution in [0.5, 0.6) is 11.5 Å². The number of aryl methyl sites for hydroxylation is 1. The lowest BCUT2D eigenvalue weighted by molar-refractivity contribution is -0.132. The molecule has 1 heterocycles. The molecule has 8 heteroatoms. The van der Waals surface area contributed by atoms with Gasteiger partial charge in [-0.25, -0.2) is 0 Å². The lowest BCUT2D eigenvalue weighted by Crippen LogP contribution is -2.30. The summed E-state index contributed by atoms with van der Waals surface area (Å²) < 4.78 is 5.52. The lowest BCUT2D eigenvalue weighted by Gasteiger charge is -2.27. The molecule has 1 saturated heterocycles. The number of benzene rings is 3. The minimum Gasteiger partial charge on any atom is -0.507 e. The number of rotatable bonds is 5. The summed E-state index contributed by atoms with van der Waals surface area (Å²) in [5.74, 6) is -1.89. The van der Waals surface area contributed by atoms with Crippen LogP contribution >= 0.6 is 23.2 Å². The van der Waals surface area contributed by atoms with Gasteiger partial charge in [0.15, 0.2) is 11.5 Å². The van der Waals surface area contributed by atoms with Gasteiger partial charge >= 0.3 is 0 Å². The van der Waals surface area contributed by atoms with Crippen LogP contribution in [0, 0.1) is 6.92 Å². The second kappa shape index (κ2) is 9.41. The number of phenolic OH excluding ortho intramolecular Hbond substituents is 1. The Morgan fingerprint density at radius 2 is 1.76 bits per heavy atom. The summed E-state index contributed by atoms with van der Waals surface area (Å²) in [4.78, 5) is 27.9. The largest absolute Gasteiger partial charge is 0.507 e. The fourth-order valence-corrected chi connectivity index (χ4v) is 4.47. The normalized spacial score (nSPS) is 17.3. The molecule has 4 rings (SSSR count). The van der Waals surface area contributed by atoms with E-state index in [-0.39, 0.29) is 22.8 Å². The van der Waals surface area contributed by atoms with Crippen molar-refractivity contribution in [2.75, 3.05) is 11.5 Å². The zero-order valence-electron chi connectivity index (χ0n) is 18.4. The van der Waals surface area contributed by atoms with Gasteiger partial charge in [-0.15, -0.1) is 0 Å². The molecule has 6 nitrogen and oxygen atoms in total. The van der Waals surface area contributed by atoms with E-state index in [1.165, 1.54) is 17.0 Å². The summed E-state index contributed by atoms with van der Waals surface area (Å²) >= 11 is 12.2. The molecule has 1 aliphatic heterocycles. The first-order valence-corrected chi connectivity index (χ1v) is 11.3. The van der Waals surface area contributed by atoms with Gasteiger partial charge in [0, 0.05) is 21.3 Å². The molecule has 1 unspecified atom stereocenters. The number of Topliss-reactive ketones (excluding diaryl/α,β-unsaturated/α-hetero) is 1. The van der Waals surface area contributed by atoms with Gasteiger partial charge < -0.3 is 14.9 Å². The average molecular weight is 498 g/mol. The van der Waals surface area contributed by atoms with Crippen molar-refractivity contribution in [1.82, 2.24) is 0 Å². The number of hydrogen-bond acceptors (Lipinski definition) is 5. The Bertz CT molecular complexity index is 1330. The molecule has 1 amide bonds. The number of phenols is 1. The molecule has 1 aliphatic rings. The molecule has 0 aromatic heterocycles. The van der Waals surface area contributed by atoms with E-state index in [1.54, 1.807) is 62.4 Å². The van der Waals surface area contributed by atoms with Gasteiger partial charge in [-0.3, -0.25) is 14.5 Å². The Morgan fingerprint density at radius 1 is 1.03 bits per heavy atom. The smallest absolute Gasteiger partial charge is 0.300 e. The minimum atomic E-state index is -0.987. The molecular weight excluding hydrogens is 477 g/mol. The van der Waals surface area contributed by atoms with Gasteiger partial charge in [-0.1, -0.05) is 41.4 Å². The summed E-state index contributed by atoms with van der Waals surface area (Å²) in [6, 6.07) is 14.9. The van der Waals surface area contributed by atoms with Gasteiger partial charge in [0.1, 0.15) is 5.76 Å². The molecule has 1 atom stereocenters. The van der Waals surface area contributed by atoms with Crippen LogP contribution in [0.15, 0.2) is 66.2 Å². The van der Waals surface area contributed by atoms with Crippen LogP contribution < -0.4 is 9.64 Å². The fraction of sp³-hybridized carbons (Fsp3) is 0.154. The number of carbonyl (C=O) groups excluding carboxylic acids is 2. The number of ether oxygens (including phenoxy) is 1. The van der Waals surface area contributed by atoms with Crippen LogP contribution in [0.1, 0.15) is 29.7 Å². The molecular formula is C26H21Cl2NO5. The quantitative estimate of drug-likeness (QED) is 0.255. The van der Waals surface area contributed by atoms with Crippen LogP contribution in [0.2, 0.25) is 10.0 Å². The zero-order chi connectivity index (χ0) is 24.6. The van der Waals surface area contributed by atoms with Crippen molar-refractivity contribution < 1.29 is 24.5 Å². The Hall–Kier alpha value is -3.48. The summed E-state index contributed by atoms with van der Waals surface area (Å²) in [5.41, 5.74) is 1.80. The SMILES string of the molecule is CCOc1cc(C2/C(=C(\O)c3cccc(Cl)c3)C(=O)C(=O)N2c2ccc(Cl)cc2C)ccc1O. The molecule has 0 saturated carbocycles. The van der Waals surface area contributed by atoms with E-state index in [2.05, 4.69) is 0 Å². The molecule has 2 N–H and O–H groups in total. The summed E-state index contributed by atoms with van der Waals surface area (Å²) in [5, 5.41) is 22.2. The number of nitrogens with zero attached hydrogens (tertiary/aromatic N) is 1. The highest BCUT2D eigenvalue weighted by Gasteiger charge is 2.47. The second-order valence-corrected chi connectivity index (χ2v) is 8.64. The predicted molar refractivity (Wildman–Crippen MR) is 132 cm³/mol. The molecule has 174 valence electrons. The molecule has 0 radical (unpaired) electrons. The van der Waals surface area contributed by atoms with Crippen molar-refractivity contribution in [2.24, 2.45) is 0 Å². The van der Waals surface area contributed by atoms with Crippen LogP contribution in [0.25, 0.3) is 5.76 Å². The van der Waals surface area contributed by atoms with E-state index in [9.17, 15) is 19.8 Å². The van der Waals surface area contributed by atoms with Crippen molar-refractivity contribution >= 4 is 46.3 Å². The monoisotopic (exact) mass is 497 g/mol. The van der Waals surface area contributed by atoms with Crippen LogP contribution in [0.3, 0.4) is 0 Å². The standard InChI is InChI=1S/C26H21Cl2NO5/c1-3-34-21-13-15(7-10-20(21)30)23-22(24(31)16-5-4-6-17(27)12-16)25(32)26(33)29(23)19-9-8-18(28)11-14(19)2/h4-13,23,30-31H,3H2,1-2H3/b24-22+. The van der Waals surface area contributed by atoms with E-state index in [0.717, 1.165) is 0 Å². The van der Waals surface area contributed by atoms with Gasteiger partial charge in [-0.2, -0.15) is 0 Å². The number of anilines is 1.